The third-order valence-corrected chi connectivity index (χ3v) is 5.43. The van der Waals surface area contributed by atoms with Crippen LogP contribution in [0.1, 0.15) is 52.7 Å². The van der Waals surface area contributed by atoms with Crippen molar-refractivity contribution in [2.24, 2.45) is 4.99 Å². The topological polar surface area (TPSA) is 65.5 Å². The monoisotopic (exact) mass is 392 g/mol. The Bertz CT molecular complexity index is 846. The summed E-state index contributed by atoms with van der Waals surface area (Å²) in [6.45, 7) is 4.49. The number of nitrogens with zero attached hydrogens (tertiary/aromatic N) is 1. The molecule has 0 radical (unpaired) electrons. The van der Waals surface area contributed by atoms with E-state index in [4.69, 9.17) is 4.99 Å². The quantitative estimate of drug-likeness (QED) is 0.501. The highest BCUT2D eigenvalue weighted by atomic mass is 16.1. The first-order valence-electron chi connectivity index (χ1n) is 10.6. The van der Waals surface area contributed by atoms with Gasteiger partial charge >= 0.3 is 0 Å². The van der Waals surface area contributed by atoms with Crippen LogP contribution in [0.4, 0.5) is 0 Å². The van der Waals surface area contributed by atoms with Gasteiger partial charge in [-0.25, -0.2) is 0 Å². The number of aryl methyl sites for hydroxylation is 1. The number of hydrogen-bond donors (Lipinski definition) is 3. The molecule has 1 unspecified atom stereocenters. The van der Waals surface area contributed by atoms with E-state index in [1.807, 2.05) is 18.2 Å². The zero-order valence-corrected chi connectivity index (χ0v) is 17.5. The molecule has 3 N–H and O–H groups in total. The standard InChI is InChI=1S/C24H32N4O/c1-3-26-24(27-15-14-18-8-6-11-20(16-18)23(29)25-2)28-17-21-12-7-10-19-9-4-5-13-22(19)21/h4-6,8-9,11,13,16,21H,3,7,10,12,14-15,17H2,1-2H3,(H,25,29)(H2,26,27,28). The molecule has 0 fully saturated rings. The molecule has 0 spiro atoms. The van der Waals surface area contributed by atoms with Crippen LogP contribution in [-0.2, 0) is 12.8 Å². The zero-order chi connectivity index (χ0) is 20.5. The molecule has 0 saturated carbocycles. The maximum Gasteiger partial charge on any atom is 0.251 e. The second-order valence-electron chi connectivity index (χ2n) is 7.46. The maximum atomic E-state index is 11.8. The minimum atomic E-state index is -0.0533. The highest BCUT2D eigenvalue weighted by Crippen LogP contribution is 2.31. The molecule has 5 heteroatoms. The molecule has 1 aliphatic carbocycles. The van der Waals surface area contributed by atoms with Gasteiger partial charge in [-0.05, 0) is 61.4 Å². The molecule has 1 atom stereocenters. The fourth-order valence-electron chi connectivity index (χ4n) is 3.93. The minimum Gasteiger partial charge on any atom is -0.357 e. The van der Waals surface area contributed by atoms with Gasteiger partial charge in [-0.3, -0.25) is 9.79 Å². The van der Waals surface area contributed by atoms with Crippen LogP contribution in [0.3, 0.4) is 0 Å². The Balaban J connectivity index is 1.57. The van der Waals surface area contributed by atoms with Gasteiger partial charge in [0.2, 0.25) is 0 Å². The lowest BCUT2D eigenvalue weighted by atomic mass is 9.83. The minimum absolute atomic E-state index is 0.0533. The van der Waals surface area contributed by atoms with Crippen LogP contribution >= 0.6 is 0 Å². The lowest BCUT2D eigenvalue weighted by molar-refractivity contribution is 0.0963. The van der Waals surface area contributed by atoms with Gasteiger partial charge in [0.1, 0.15) is 0 Å². The van der Waals surface area contributed by atoms with Crippen molar-refractivity contribution in [3.63, 3.8) is 0 Å². The predicted molar refractivity (Wildman–Crippen MR) is 120 cm³/mol. The summed E-state index contributed by atoms with van der Waals surface area (Å²) < 4.78 is 0. The molecule has 1 amide bonds. The van der Waals surface area contributed by atoms with E-state index in [9.17, 15) is 4.79 Å². The van der Waals surface area contributed by atoms with Gasteiger partial charge in [-0.15, -0.1) is 0 Å². The first-order chi connectivity index (χ1) is 14.2. The summed E-state index contributed by atoms with van der Waals surface area (Å²) in [5.74, 6) is 1.31. The number of hydrogen-bond acceptors (Lipinski definition) is 2. The smallest absolute Gasteiger partial charge is 0.251 e. The lowest BCUT2D eigenvalue weighted by Gasteiger charge is -2.24. The number of carbonyl (C=O) groups is 1. The molecule has 0 aliphatic heterocycles. The van der Waals surface area contributed by atoms with Crippen LogP contribution in [-0.4, -0.2) is 38.5 Å². The Kier molecular flexibility index (Phi) is 7.68. The highest BCUT2D eigenvalue weighted by molar-refractivity contribution is 5.94. The Morgan fingerprint density at radius 2 is 2.00 bits per heavy atom. The summed E-state index contributed by atoms with van der Waals surface area (Å²) in [5, 5.41) is 9.45. The first kappa shape index (κ1) is 20.9. The SMILES string of the molecule is CCNC(=NCC1CCCc2ccccc21)NCCc1cccc(C(=O)NC)c1. The fraction of sp³-hybridized carbons (Fsp3) is 0.417. The van der Waals surface area contributed by atoms with E-state index >= 15 is 0 Å². The summed E-state index contributed by atoms with van der Waals surface area (Å²) in [6, 6.07) is 16.5. The number of amides is 1. The third-order valence-electron chi connectivity index (χ3n) is 5.43. The van der Waals surface area contributed by atoms with Gasteiger partial charge in [0, 0.05) is 38.2 Å². The fourth-order valence-corrected chi connectivity index (χ4v) is 3.93. The van der Waals surface area contributed by atoms with Gasteiger partial charge in [0.05, 0.1) is 0 Å². The van der Waals surface area contributed by atoms with E-state index in [0.717, 1.165) is 37.6 Å². The number of aliphatic imine (C=N–C) groups is 1. The molecule has 2 aromatic rings. The van der Waals surface area contributed by atoms with Gasteiger partial charge in [0.15, 0.2) is 5.96 Å². The number of benzene rings is 2. The van der Waals surface area contributed by atoms with Crippen molar-refractivity contribution >= 4 is 11.9 Å². The number of rotatable bonds is 7. The van der Waals surface area contributed by atoms with Crippen LogP contribution in [0.2, 0.25) is 0 Å². The molecule has 3 rings (SSSR count). The lowest BCUT2D eigenvalue weighted by Crippen LogP contribution is -2.38. The summed E-state index contributed by atoms with van der Waals surface area (Å²) in [4.78, 5) is 16.7. The molecule has 29 heavy (non-hydrogen) atoms. The molecular formula is C24H32N4O. The second kappa shape index (κ2) is 10.6. The maximum absolute atomic E-state index is 11.8. The van der Waals surface area contributed by atoms with E-state index in [1.165, 1.54) is 30.4 Å². The van der Waals surface area contributed by atoms with Gasteiger partial charge < -0.3 is 16.0 Å². The Morgan fingerprint density at radius 3 is 2.83 bits per heavy atom. The van der Waals surface area contributed by atoms with Gasteiger partial charge in [-0.2, -0.15) is 0 Å². The third kappa shape index (κ3) is 5.83. The van der Waals surface area contributed by atoms with E-state index in [2.05, 4.69) is 53.2 Å². The molecule has 0 bridgehead atoms. The van der Waals surface area contributed by atoms with Crippen molar-refractivity contribution in [3.05, 3.63) is 70.8 Å². The van der Waals surface area contributed by atoms with E-state index < -0.39 is 0 Å². The summed E-state index contributed by atoms with van der Waals surface area (Å²) in [5.41, 5.74) is 4.77. The summed E-state index contributed by atoms with van der Waals surface area (Å²) in [7, 11) is 1.65. The zero-order valence-electron chi connectivity index (χ0n) is 17.5. The average molecular weight is 393 g/mol. The van der Waals surface area contributed by atoms with Crippen LogP contribution in [0.25, 0.3) is 0 Å². The molecule has 0 saturated heterocycles. The Labute approximate surface area is 174 Å². The second-order valence-corrected chi connectivity index (χ2v) is 7.46. The largest absolute Gasteiger partial charge is 0.357 e. The van der Waals surface area contributed by atoms with Crippen molar-refractivity contribution < 1.29 is 4.79 Å². The van der Waals surface area contributed by atoms with Crippen molar-refractivity contribution in [2.75, 3.05) is 26.7 Å². The van der Waals surface area contributed by atoms with Crippen molar-refractivity contribution in [3.8, 4) is 0 Å². The highest BCUT2D eigenvalue weighted by Gasteiger charge is 2.19. The normalized spacial score (nSPS) is 16.1. The number of fused-ring (bicyclic) bond motifs is 1. The molecule has 2 aromatic carbocycles. The molecule has 1 aliphatic rings. The van der Waals surface area contributed by atoms with Crippen molar-refractivity contribution in [2.45, 2.75) is 38.5 Å². The Morgan fingerprint density at radius 1 is 1.14 bits per heavy atom. The van der Waals surface area contributed by atoms with Gasteiger partial charge in [-0.1, -0.05) is 36.4 Å². The molecular weight excluding hydrogens is 360 g/mol. The van der Waals surface area contributed by atoms with Crippen LogP contribution in [0, 0.1) is 0 Å². The Hall–Kier alpha value is -2.82. The predicted octanol–water partition coefficient (Wildman–Crippen LogP) is 3.26. The van der Waals surface area contributed by atoms with E-state index in [0.29, 0.717) is 11.5 Å². The van der Waals surface area contributed by atoms with E-state index in [-0.39, 0.29) is 5.91 Å². The van der Waals surface area contributed by atoms with Crippen molar-refractivity contribution in [1.29, 1.82) is 0 Å². The van der Waals surface area contributed by atoms with Crippen LogP contribution in [0.15, 0.2) is 53.5 Å². The van der Waals surface area contributed by atoms with Crippen LogP contribution in [0.5, 0.6) is 0 Å². The summed E-state index contributed by atoms with van der Waals surface area (Å²) in [6.07, 6.45) is 4.46. The number of carbonyl (C=O) groups excluding carboxylic acids is 1. The number of nitrogens with one attached hydrogen (secondary N) is 3. The van der Waals surface area contributed by atoms with Crippen LogP contribution < -0.4 is 16.0 Å². The molecule has 5 nitrogen and oxygen atoms in total. The van der Waals surface area contributed by atoms with E-state index in [1.54, 1.807) is 7.05 Å². The first-order valence-corrected chi connectivity index (χ1v) is 10.6. The van der Waals surface area contributed by atoms with Gasteiger partial charge in [0.25, 0.3) is 5.91 Å². The van der Waals surface area contributed by atoms with Crippen molar-refractivity contribution in [1.82, 2.24) is 16.0 Å². The molecule has 154 valence electrons. The molecule has 0 heterocycles. The summed E-state index contributed by atoms with van der Waals surface area (Å²) >= 11 is 0. The molecule has 0 aromatic heterocycles. The average Bonchev–Trinajstić information content (AvgIpc) is 2.77. The number of guanidine groups is 1.